The number of aryl methyl sites for hydroxylation is 1. The average molecular weight is 495 g/mol. The SMILES string of the molecule is COCCCN1C(=O)/C(=C/c2c(N[C@H](C)c3ccccc3)nc3c(C)cccn3c2=O)SC1=S. The molecule has 0 aliphatic carbocycles. The van der Waals surface area contributed by atoms with Crippen LogP contribution in [0.15, 0.2) is 58.4 Å². The van der Waals surface area contributed by atoms with Crippen LogP contribution in [0.5, 0.6) is 0 Å². The van der Waals surface area contributed by atoms with Gasteiger partial charge < -0.3 is 10.1 Å². The predicted molar refractivity (Wildman–Crippen MR) is 141 cm³/mol. The van der Waals surface area contributed by atoms with Crippen molar-refractivity contribution in [3.8, 4) is 0 Å². The summed E-state index contributed by atoms with van der Waals surface area (Å²) in [5.74, 6) is 0.224. The number of carbonyl (C=O) groups is 1. The lowest BCUT2D eigenvalue weighted by atomic mass is 10.1. The number of pyridine rings is 1. The third-order valence-electron chi connectivity index (χ3n) is 5.62. The van der Waals surface area contributed by atoms with Crippen LogP contribution in [0, 0.1) is 6.92 Å². The van der Waals surface area contributed by atoms with Crippen LogP contribution < -0.4 is 10.9 Å². The summed E-state index contributed by atoms with van der Waals surface area (Å²) in [6.45, 7) is 4.93. The standard InChI is InChI=1S/C25H26N4O3S2/c1-16-9-7-12-28-22(16)27-21(26-17(2)18-10-5-4-6-11-18)19(23(28)30)15-20-24(31)29(25(33)34-20)13-8-14-32-3/h4-7,9-12,15,17,26H,8,13-14H2,1-3H3/b20-15-/t17-/m1/s1. The number of hydrogen-bond donors (Lipinski definition) is 1. The maximum absolute atomic E-state index is 13.5. The maximum Gasteiger partial charge on any atom is 0.267 e. The molecular weight excluding hydrogens is 468 g/mol. The van der Waals surface area contributed by atoms with Crippen LogP contribution in [0.1, 0.15) is 36.1 Å². The number of hydrogen-bond acceptors (Lipinski definition) is 7. The molecule has 3 heterocycles. The summed E-state index contributed by atoms with van der Waals surface area (Å²) >= 11 is 6.63. The van der Waals surface area contributed by atoms with Crippen molar-refractivity contribution in [1.82, 2.24) is 14.3 Å². The first kappa shape index (κ1) is 24.1. The van der Waals surface area contributed by atoms with Gasteiger partial charge in [0, 0.05) is 32.5 Å². The molecule has 2 aromatic heterocycles. The predicted octanol–water partition coefficient (Wildman–Crippen LogP) is 4.41. The molecule has 1 aliphatic rings. The van der Waals surface area contributed by atoms with Crippen molar-refractivity contribution < 1.29 is 9.53 Å². The number of nitrogens with one attached hydrogen (secondary N) is 1. The van der Waals surface area contributed by atoms with Gasteiger partial charge in [-0.15, -0.1) is 0 Å². The molecule has 1 amide bonds. The molecule has 176 valence electrons. The first-order valence-electron chi connectivity index (χ1n) is 11.0. The third kappa shape index (κ3) is 4.91. The molecule has 9 heteroatoms. The minimum Gasteiger partial charge on any atom is -0.385 e. The van der Waals surface area contributed by atoms with Crippen molar-refractivity contribution in [3.05, 3.63) is 80.6 Å². The van der Waals surface area contributed by atoms with E-state index in [0.717, 1.165) is 11.1 Å². The minimum absolute atomic E-state index is 0.102. The summed E-state index contributed by atoms with van der Waals surface area (Å²) in [5.41, 5.74) is 2.58. The molecule has 0 spiro atoms. The maximum atomic E-state index is 13.5. The van der Waals surface area contributed by atoms with E-state index >= 15 is 0 Å². The Labute approximate surface area is 207 Å². The number of ether oxygens (including phenoxy) is 1. The molecule has 7 nitrogen and oxygen atoms in total. The van der Waals surface area contributed by atoms with E-state index in [1.807, 2.05) is 56.3 Å². The van der Waals surface area contributed by atoms with Crippen LogP contribution in [-0.2, 0) is 9.53 Å². The number of anilines is 1. The Morgan fingerprint density at radius 2 is 1.97 bits per heavy atom. The van der Waals surface area contributed by atoms with Crippen molar-refractivity contribution in [2.45, 2.75) is 26.3 Å². The average Bonchev–Trinajstić information content (AvgIpc) is 3.10. The van der Waals surface area contributed by atoms with Gasteiger partial charge in [0.25, 0.3) is 11.5 Å². The summed E-state index contributed by atoms with van der Waals surface area (Å²) in [6, 6.07) is 13.5. The van der Waals surface area contributed by atoms with Crippen molar-refractivity contribution in [2.75, 3.05) is 25.6 Å². The van der Waals surface area contributed by atoms with Gasteiger partial charge in [0.2, 0.25) is 0 Å². The van der Waals surface area contributed by atoms with E-state index in [-0.39, 0.29) is 17.5 Å². The minimum atomic E-state index is -0.249. The summed E-state index contributed by atoms with van der Waals surface area (Å²) in [7, 11) is 1.62. The summed E-state index contributed by atoms with van der Waals surface area (Å²) in [6.07, 6.45) is 3.98. The Bertz CT molecular complexity index is 1320. The second-order valence-corrected chi connectivity index (χ2v) is 9.70. The number of fused-ring (bicyclic) bond motifs is 1. The number of aromatic nitrogens is 2. The second-order valence-electron chi connectivity index (χ2n) is 8.02. The van der Waals surface area contributed by atoms with E-state index in [4.69, 9.17) is 21.9 Å². The monoisotopic (exact) mass is 494 g/mol. The molecule has 1 atom stereocenters. The smallest absolute Gasteiger partial charge is 0.267 e. The fraction of sp³-hybridized carbons (Fsp3) is 0.280. The van der Waals surface area contributed by atoms with Crippen LogP contribution in [0.2, 0.25) is 0 Å². The Morgan fingerprint density at radius 3 is 2.71 bits per heavy atom. The molecule has 1 saturated heterocycles. The molecule has 0 radical (unpaired) electrons. The zero-order chi connectivity index (χ0) is 24.2. The molecule has 3 aromatic rings. The highest BCUT2D eigenvalue weighted by Crippen LogP contribution is 2.33. The van der Waals surface area contributed by atoms with Crippen LogP contribution >= 0.6 is 24.0 Å². The number of amides is 1. The van der Waals surface area contributed by atoms with Gasteiger partial charge in [0.05, 0.1) is 10.5 Å². The topological polar surface area (TPSA) is 75.9 Å². The van der Waals surface area contributed by atoms with Gasteiger partial charge in [-0.1, -0.05) is 60.4 Å². The molecule has 34 heavy (non-hydrogen) atoms. The lowest BCUT2D eigenvalue weighted by Gasteiger charge is -2.18. The Morgan fingerprint density at radius 1 is 1.21 bits per heavy atom. The van der Waals surface area contributed by atoms with Gasteiger partial charge in [-0.25, -0.2) is 4.98 Å². The molecular formula is C25H26N4O3S2. The summed E-state index contributed by atoms with van der Waals surface area (Å²) < 4.78 is 7.08. The van der Waals surface area contributed by atoms with Crippen LogP contribution in [0.4, 0.5) is 5.82 Å². The fourth-order valence-corrected chi connectivity index (χ4v) is 5.06. The van der Waals surface area contributed by atoms with Crippen molar-refractivity contribution in [1.29, 1.82) is 0 Å². The molecule has 0 bridgehead atoms. The highest BCUT2D eigenvalue weighted by atomic mass is 32.2. The van der Waals surface area contributed by atoms with Gasteiger partial charge in [-0.3, -0.25) is 18.9 Å². The number of carbonyl (C=O) groups excluding carboxylic acids is 1. The van der Waals surface area contributed by atoms with Crippen molar-refractivity contribution >= 4 is 51.7 Å². The van der Waals surface area contributed by atoms with Crippen LogP contribution in [0.25, 0.3) is 11.7 Å². The molecule has 0 saturated carbocycles. The van der Waals surface area contributed by atoms with Gasteiger partial charge in [-0.05, 0) is 43.5 Å². The summed E-state index contributed by atoms with van der Waals surface area (Å²) in [5, 5.41) is 3.39. The Balaban J connectivity index is 1.77. The number of methoxy groups -OCH3 is 1. The number of nitrogens with zero attached hydrogens (tertiary/aromatic N) is 3. The van der Waals surface area contributed by atoms with Gasteiger partial charge in [0.1, 0.15) is 15.8 Å². The molecule has 1 aliphatic heterocycles. The molecule has 4 rings (SSSR count). The lowest BCUT2D eigenvalue weighted by Crippen LogP contribution is -2.29. The van der Waals surface area contributed by atoms with Gasteiger partial charge >= 0.3 is 0 Å². The van der Waals surface area contributed by atoms with E-state index in [9.17, 15) is 9.59 Å². The second kappa shape index (κ2) is 10.5. The Kier molecular flexibility index (Phi) is 7.45. The molecule has 0 unspecified atom stereocenters. The number of rotatable bonds is 8. The van der Waals surface area contributed by atoms with E-state index in [0.29, 0.717) is 45.8 Å². The van der Waals surface area contributed by atoms with Crippen LogP contribution in [0.3, 0.4) is 0 Å². The normalized spacial score (nSPS) is 16.0. The zero-order valence-electron chi connectivity index (χ0n) is 19.3. The number of thioether (sulfide) groups is 1. The number of benzene rings is 1. The highest BCUT2D eigenvalue weighted by Gasteiger charge is 2.32. The van der Waals surface area contributed by atoms with E-state index in [2.05, 4.69) is 5.32 Å². The van der Waals surface area contributed by atoms with Gasteiger partial charge in [0.15, 0.2) is 0 Å². The highest BCUT2D eigenvalue weighted by molar-refractivity contribution is 8.26. The van der Waals surface area contributed by atoms with E-state index in [1.165, 1.54) is 16.2 Å². The first-order chi connectivity index (χ1) is 16.4. The van der Waals surface area contributed by atoms with Gasteiger partial charge in [-0.2, -0.15) is 0 Å². The summed E-state index contributed by atoms with van der Waals surface area (Å²) in [4.78, 5) is 33.4. The largest absolute Gasteiger partial charge is 0.385 e. The van der Waals surface area contributed by atoms with Crippen molar-refractivity contribution in [3.63, 3.8) is 0 Å². The number of thiocarbonyl (C=S) groups is 1. The molecule has 1 aromatic carbocycles. The third-order valence-corrected chi connectivity index (χ3v) is 6.99. The zero-order valence-corrected chi connectivity index (χ0v) is 20.9. The first-order valence-corrected chi connectivity index (χ1v) is 12.2. The van der Waals surface area contributed by atoms with Crippen molar-refractivity contribution in [2.24, 2.45) is 0 Å². The fourth-order valence-electron chi connectivity index (χ4n) is 3.77. The van der Waals surface area contributed by atoms with E-state index in [1.54, 1.807) is 24.3 Å². The van der Waals surface area contributed by atoms with Crippen LogP contribution in [-0.4, -0.2) is 44.8 Å². The quantitative estimate of drug-likeness (QED) is 0.282. The molecule has 1 fully saturated rings. The van der Waals surface area contributed by atoms with E-state index < -0.39 is 0 Å². The molecule has 1 N–H and O–H groups in total. The Hall–Kier alpha value is -3.01. The lowest BCUT2D eigenvalue weighted by molar-refractivity contribution is -0.122.